The van der Waals surface area contributed by atoms with Crippen molar-refractivity contribution in [3.05, 3.63) is 54.3 Å². The molecule has 0 amide bonds. The maximum absolute atomic E-state index is 5.72. The molecule has 0 aromatic carbocycles. The summed E-state index contributed by atoms with van der Waals surface area (Å²) in [5, 5.41) is 4.43. The van der Waals surface area contributed by atoms with E-state index in [1.165, 1.54) is 5.69 Å². The highest BCUT2D eigenvalue weighted by atomic mass is 16.5. The second kappa shape index (κ2) is 6.94. The van der Waals surface area contributed by atoms with Crippen molar-refractivity contribution in [1.82, 2.24) is 14.7 Å². The summed E-state index contributed by atoms with van der Waals surface area (Å²) in [5.41, 5.74) is 1.24. The van der Waals surface area contributed by atoms with E-state index in [9.17, 15) is 0 Å². The van der Waals surface area contributed by atoms with Gasteiger partial charge in [-0.1, -0.05) is 6.08 Å². The molecule has 0 aliphatic carbocycles. The second-order valence-corrected chi connectivity index (χ2v) is 5.88. The SMILES string of the molecule is C=CCOCC1CN(Cc2ccc(C)o2)Cc2ccnn2C1. The Kier molecular flexibility index (Phi) is 4.75. The molecule has 118 valence electrons. The molecule has 1 unspecified atom stereocenters. The van der Waals surface area contributed by atoms with Crippen molar-refractivity contribution in [3.63, 3.8) is 0 Å². The van der Waals surface area contributed by atoms with Gasteiger partial charge in [0, 0.05) is 31.7 Å². The molecular weight excluding hydrogens is 278 g/mol. The minimum absolute atomic E-state index is 0.414. The van der Waals surface area contributed by atoms with Gasteiger partial charge in [-0.15, -0.1) is 6.58 Å². The lowest BCUT2D eigenvalue weighted by atomic mass is 10.1. The fourth-order valence-corrected chi connectivity index (χ4v) is 2.95. The summed E-state index contributed by atoms with van der Waals surface area (Å²) in [6, 6.07) is 6.16. The van der Waals surface area contributed by atoms with Gasteiger partial charge in [-0.3, -0.25) is 9.58 Å². The van der Waals surface area contributed by atoms with Crippen LogP contribution in [0.4, 0.5) is 0 Å². The Morgan fingerprint density at radius 3 is 3.09 bits per heavy atom. The van der Waals surface area contributed by atoms with Crippen molar-refractivity contribution in [3.8, 4) is 0 Å². The van der Waals surface area contributed by atoms with Gasteiger partial charge in [0.1, 0.15) is 11.5 Å². The highest BCUT2D eigenvalue weighted by Gasteiger charge is 2.23. The average Bonchev–Trinajstić information content (AvgIpc) is 3.05. The van der Waals surface area contributed by atoms with Crippen LogP contribution in [0.5, 0.6) is 0 Å². The summed E-state index contributed by atoms with van der Waals surface area (Å²) >= 11 is 0. The Morgan fingerprint density at radius 1 is 1.41 bits per heavy atom. The number of rotatable bonds is 6. The number of fused-ring (bicyclic) bond motifs is 1. The van der Waals surface area contributed by atoms with E-state index in [0.29, 0.717) is 12.5 Å². The smallest absolute Gasteiger partial charge is 0.118 e. The third-order valence-corrected chi connectivity index (χ3v) is 3.90. The summed E-state index contributed by atoms with van der Waals surface area (Å²) in [5.74, 6) is 2.38. The molecule has 0 fully saturated rings. The topological polar surface area (TPSA) is 43.4 Å². The minimum atomic E-state index is 0.414. The molecule has 1 aliphatic rings. The molecule has 3 heterocycles. The van der Waals surface area contributed by atoms with Gasteiger partial charge in [0.2, 0.25) is 0 Å². The number of nitrogens with zero attached hydrogens (tertiary/aromatic N) is 3. The van der Waals surface area contributed by atoms with Crippen LogP contribution in [0.25, 0.3) is 0 Å². The molecule has 0 saturated carbocycles. The van der Waals surface area contributed by atoms with Crippen molar-refractivity contribution < 1.29 is 9.15 Å². The van der Waals surface area contributed by atoms with Gasteiger partial charge in [-0.25, -0.2) is 0 Å². The number of hydrogen-bond acceptors (Lipinski definition) is 4. The fraction of sp³-hybridized carbons (Fsp3) is 0.471. The van der Waals surface area contributed by atoms with Crippen molar-refractivity contribution in [2.45, 2.75) is 26.6 Å². The van der Waals surface area contributed by atoms with Crippen LogP contribution in [0.15, 0.2) is 41.5 Å². The number of aryl methyl sites for hydroxylation is 1. The van der Waals surface area contributed by atoms with Gasteiger partial charge >= 0.3 is 0 Å². The largest absolute Gasteiger partial charge is 0.465 e. The molecule has 0 saturated heterocycles. The molecule has 0 bridgehead atoms. The predicted molar refractivity (Wildman–Crippen MR) is 84.3 cm³/mol. The number of aromatic nitrogens is 2. The van der Waals surface area contributed by atoms with Crippen LogP contribution in [-0.2, 0) is 24.4 Å². The Labute approximate surface area is 131 Å². The van der Waals surface area contributed by atoms with E-state index < -0.39 is 0 Å². The molecule has 5 heteroatoms. The third kappa shape index (κ3) is 3.67. The molecule has 3 rings (SSSR count). The lowest BCUT2D eigenvalue weighted by Gasteiger charge is -2.22. The molecule has 22 heavy (non-hydrogen) atoms. The van der Waals surface area contributed by atoms with Gasteiger partial charge in [0.05, 0.1) is 25.5 Å². The van der Waals surface area contributed by atoms with Crippen molar-refractivity contribution >= 4 is 0 Å². The van der Waals surface area contributed by atoms with Crippen LogP contribution in [-0.4, -0.2) is 34.4 Å². The molecule has 2 aromatic rings. The fourth-order valence-electron chi connectivity index (χ4n) is 2.95. The van der Waals surface area contributed by atoms with E-state index in [0.717, 1.165) is 44.3 Å². The standard InChI is InChI=1S/C17H23N3O2/c1-3-8-21-13-15-9-19(12-17-5-4-14(2)22-17)11-16-6-7-18-20(16)10-15/h3-7,15H,1,8-13H2,2H3. The van der Waals surface area contributed by atoms with Crippen molar-refractivity contribution in [2.24, 2.45) is 5.92 Å². The van der Waals surface area contributed by atoms with Crippen LogP contribution in [0.2, 0.25) is 0 Å². The van der Waals surface area contributed by atoms with E-state index in [2.05, 4.69) is 33.4 Å². The molecular formula is C17H23N3O2. The molecule has 1 aliphatic heterocycles. The number of furan rings is 1. The first-order chi connectivity index (χ1) is 10.7. The number of hydrogen-bond donors (Lipinski definition) is 0. The molecule has 2 aromatic heterocycles. The summed E-state index contributed by atoms with van der Waals surface area (Å²) in [7, 11) is 0. The summed E-state index contributed by atoms with van der Waals surface area (Å²) in [6.07, 6.45) is 3.66. The third-order valence-electron chi connectivity index (χ3n) is 3.90. The average molecular weight is 301 g/mol. The Balaban J connectivity index is 1.70. The van der Waals surface area contributed by atoms with Crippen molar-refractivity contribution in [1.29, 1.82) is 0 Å². The lowest BCUT2D eigenvalue weighted by molar-refractivity contribution is 0.0913. The van der Waals surface area contributed by atoms with Gasteiger partial charge in [0.25, 0.3) is 0 Å². The van der Waals surface area contributed by atoms with Crippen molar-refractivity contribution in [2.75, 3.05) is 19.8 Å². The Morgan fingerprint density at radius 2 is 2.32 bits per heavy atom. The highest BCUT2D eigenvalue weighted by Crippen LogP contribution is 2.19. The maximum atomic E-state index is 5.72. The maximum Gasteiger partial charge on any atom is 0.118 e. The van der Waals surface area contributed by atoms with Crippen LogP contribution in [0, 0.1) is 12.8 Å². The van der Waals surface area contributed by atoms with Gasteiger partial charge in [-0.2, -0.15) is 5.10 Å². The normalized spacial score (nSPS) is 18.9. The Bertz CT molecular complexity index is 617. The number of ether oxygens (including phenoxy) is 1. The summed E-state index contributed by atoms with van der Waals surface area (Å²) in [4.78, 5) is 2.40. The minimum Gasteiger partial charge on any atom is -0.465 e. The Hall–Kier alpha value is -1.85. The zero-order valence-corrected chi connectivity index (χ0v) is 13.1. The van der Waals surface area contributed by atoms with E-state index in [1.807, 2.05) is 19.2 Å². The highest BCUT2D eigenvalue weighted by molar-refractivity contribution is 5.07. The second-order valence-electron chi connectivity index (χ2n) is 5.88. The first kappa shape index (κ1) is 15.1. The van der Waals surface area contributed by atoms with E-state index >= 15 is 0 Å². The molecule has 1 atom stereocenters. The monoisotopic (exact) mass is 301 g/mol. The van der Waals surface area contributed by atoms with Gasteiger partial charge in [0.15, 0.2) is 0 Å². The first-order valence-electron chi connectivity index (χ1n) is 7.71. The quantitative estimate of drug-likeness (QED) is 0.608. The van der Waals surface area contributed by atoms with Gasteiger partial charge in [-0.05, 0) is 25.1 Å². The molecule has 0 radical (unpaired) electrons. The first-order valence-corrected chi connectivity index (χ1v) is 7.71. The van der Waals surface area contributed by atoms with Crippen LogP contribution >= 0.6 is 0 Å². The lowest BCUT2D eigenvalue weighted by Crippen LogP contribution is -2.30. The van der Waals surface area contributed by atoms with Crippen LogP contribution in [0.1, 0.15) is 17.2 Å². The van der Waals surface area contributed by atoms with E-state index in [1.54, 1.807) is 6.08 Å². The van der Waals surface area contributed by atoms with E-state index in [4.69, 9.17) is 9.15 Å². The van der Waals surface area contributed by atoms with Gasteiger partial charge < -0.3 is 9.15 Å². The summed E-state index contributed by atoms with van der Waals surface area (Å²) < 4.78 is 13.5. The zero-order valence-electron chi connectivity index (χ0n) is 13.1. The molecule has 5 nitrogen and oxygen atoms in total. The van der Waals surface area contributed by atoms with Crippen LogP contribution < -0.4 is 0 Å². The van der Waals surface area contributed by atoms with E-state index in [-0.39, 0.29) is 0 Å². The molecule has 0 spiro atoms. The predicted octanol–water partition coefficient (Wildman–Crippen LogP) is 2.62. The summed E-state index contributed by atoms with van der Waals surface area (Å²) in [6.45, 7) is 10.6. The van der Waals surface area contributed by atoms with Crippen LogP contribution in [0.3, 0.4) is 0 Å². The zero-order chi connectivity index (χ0) is 15.4. The molecule has 0 N–H and O–H groups in total.